The molecule has 11 nitrogen and oxygen atoms in total. The Labute approximate surface area is 312 Å². The number of likely N-dealkylation sites (tertiary alicyclic amines) is 1. The lowest BCUT2D eigenvalue weighted by molar-refractivity contribution is -0.148. The van der Waals surface area contributed by atoms with Gasteiger partial charge in [-0.05, 0) is 62.7 Å². The summed E-state index contributed by atoms with van der Waals surface area (Å²) in [7, 11) is 8.63. The van der Waals surface area contributed by atoms with Crippen molar-refractivity contribution in [2.75, 3.05) is 48.5 Å². The predicted octanol–water partition coefficient (Wildman–Crippen LogP) is 4.65. The Morgan fingerprint density at radius 1 is 0.961 bits per heavy atom. The van der Waals surface area contributed by atoms with Gasteiger partial charge in [0.1, 0.15) is 6.04 Å². The molecule has 1 aliphatic heterocycles. The quantitative estimate of drug-likeness (QED) is 0.200. The van der Waals surface area contributed by atoms with Gasteiger partial charge in [-0.3, -0.25) is 24.1 Å². The van der Waals surface area contributed by atoms with Crippen LogP contribution in [0.1, 0.15) is 79.7 Å². The number of halogens is 1. The van der Waals surface area contributed by atoms with Crippen LogP contribution in [0.2, 0.25) is 5.02 Å². The summed E-state index contributed by atoms with van der Waals surface area (Å²) in [4.78, 5) is 60.3. The van der Waals surface area contributed by atoms with Gasteiger partial charge >= 0.3 is 0 Å². The van der Waals surface area contributed by atoms with Crippen LogP contribution >= 0.6 is 11.6 Å². The number of nitrogens with zero attached hydrogens (tertiary/aromatic N) is 3. The van der Waals surface area contributed by atoms with Crippen molar-refractivity contribution in [1.29, 1.82) is 0 Å². The van der Waals surface area contributed by atoms with Gasteiger partial charge in [0.2, 0.25) is 23.6 Å². The normalized spacial score (nSPS) is 19.0. The Kier molecular flexibility index (Phi) is 18.4. The fourth-order valence-corrected chi connectivity index (χ4v) is 7.82. The van der Waals surface area contributed by atoms with Crippen molar-refractivity contribution in [3.63, 3.8) is 0 Å². The second kappa shape index (κ2) is 21.1. The van der Waals surface area contributed by atoms with Crippen molar-refractivity contribution < 1.29 is 28.7 Å². The minimum absolute atomic E-state index is 0.000912. The van der Waals surface area contributed by atoms with Crippen LogP contribution in [0.4, 0.5) is 0 Å². The number of methoxy groups -OCH3 is 2. The fourth-order valence-electron chi connectivity index (χ4n) is 7.59. The zero-order chi connectivity index (χ0) is 38.6. The van der Waals surface area contributed by atoms with Crippen LogP contribution in [0.15, 0.2) is 24.3 Å². The molecular formula is C39H66ClN5O6. The maximum Gasteiger partial charge on any atom is 0.245 e. The van der Waals surface area contributed by atoms with E-state index in [0.29, 0.717) is 31.0 Å². The molecular weight excluding hydrogens is 670 g/mol. The molecule has 0 spiro atoms. The van der Waals surface area contributed by atoms with E-state index in [2.05, 4.69) is 24.5 Å². The maximum atomic E-state index is 14.2. The molecule has 2 unspecified atom stereocenters. The molecule has 1 saturated heterocycles. The average molecular weight is 736 g/mol. The lowest BCUT2D eigenvalue weighted by Crippen LogP contribution is -2.59. The third-order valence-corrected chi connectivity index (χ3v) is 11.0. The number of hydrogen-bond donors (Lipinski definition) is 2. The molecule has 4 amide bonds. The topological polar surface area (TPSA) is 121 Å². The standard InChI is InChI=1S/C39H66ClN5O6/c1-13-26(6)35(44(10)39(49)33(24(2)3)42-38(48)34(25(4)5)43(8)9)31(50-11)23-32(46)45-22-16-19-30(45)36(51-12)27(7)37(47)41-21-20-28-17-14-15-18-29(28)40/h14-15,17-18,24-27,30-31,33-36H,13,16,19-23H2,1-12H3,(H,41,47)(H,42,48)/t26-,27+,30-,31+,33?,34?,35-,36+/m0/s1. The highest BCUT2D eigenvalue weighted by Crippen LogP contribution is 2.30. The number of benzene rings is 1. The zero-order valence-electron chi connectivity index (χ0n) is 33.2. The lowest BCUT2D eigenvalue weighted by atomic mass is 9.89. The third-order valence-electron chi connectivity index (χ3n) is 10.6. The van der Waals surface area contributed by atoms with Gasteiger partial charge in [0.25, 0.3) is 0 Å². The summed E-state index contributed by atoms with van der Waals surface area (Å²) >= 11 is 6.29. The van der Waals surface area contributed by atoms with E-state index in [1.165, 1.54) is 0 Å². The summed E-state index contributed by atoms with van der Waals surface area (Å²) in [6, 6.07) is 5.74. The van der Waals surface area contributed by atoms with Crippen molar-refractivity contribution in [3.8, 4) is 0 Å². The van der Waals surface area contributed by atoms with Gasteiger partial charge in [0, 0.05) is 39.4 Å². The largest absolute Gasteiger partial charge is 0.379 e. The van der Waals surface area contributed by atoms with E-state index in [1.54, 1.807) is 26.2 Å². The molecule has 290 valence electrons. The van der Waals surface area contributed by atoms with Crippen molar-refractivity contribution in [3.05, 3.63) is 34.9 Å². The molecule has 2 N–H and O–H groups in total. The highest BCUT2D eigenvalue weighted by molar-refractivity contribution is 6.31. The molecule has 0 aromatic heterocycles. The molecule has 1 aromatic carbocycles. The van der Waals surface area contributed by atoms with E-state index in [0.717, 1.165) is 18.4 Å². The van der Waals surface area contributed by atoms with Crippen molar-refractivity contribution in [2.45, 2.75) is 117 Å². The van der Waals surface area contributed by atoms with E-state index in [-0.39, 0.29) is 59.9 Å². The molecule has 1 aliphatic rings. The summed E-state index contributed by atoms with van der Waals surface area (Å²) < 4.78 is 11.9. The van der Waals surface area contributed by atoms with Crippen LogP contribution in [-0.4, -0.2) is 123 Å². The molecule has 51 heavy (non-hydrogen) atoms. The first-order valence-electron chi connectivity index (χ1n) is 18.6. The maximum absolute atomic E-state index is 14.2. The van der Waals surface area contributed by atoms with Crippen LogP contribution in [0.3, 0.4) is 0 Å². The van der Waals surface area contributed by atoms with Gasteiger partial charge in [-0.25, -0.2) is 0 Å². The minimum atomic E-state index is -0.744. The van der Waals surface area contributed by atoms with Crippen LogP contribution in [0.25, 0.3) is 0 Å². The van der Waals surface area contributed by atoms with Crippen molar-refractivity contribution in [1.82, 2.24) is 25.3 Å². The summed E-state index contributed by atoms with van der Waals surface area (Å²) in [5, 5.41) is 6.73. The molecule has 1 aromatic rings. The smallest absolute Gasteiger partial charge is 0.245 e. The summed E-state index contributed by atoms with van der Waals surface area (Å²) in [5.74, 6) is -1.26. The van der Waals surface area contributed by atoms with E-state index in [4.69, 9.17) is 21.1 Å². The van der Waals surface area contributed by atoms with Crippen LogP contribution in [0.5, 0.6) is 0 Å². The lowest BCUT2D eigenvalue weighted by Gasteiger charge is -2.41. The monoisotopic (exact) mass is 735 g/mol. The summed E-state index contributed by atoms with van der Waals surface area (Å²) in [6.07, 6.45) is 1.83. The van der Waals surface area contributed by atoms with Gasteiger partial charge in [-0.2, -0.15) is 0 Å². The number of rotatable bonds is 20. The van der Waals surface area contributed by atoms with Crippen LogP contribution < -0.4 is 10.6 Å². The number of amides is 4. The number of likely N-dealkylation sites (N-methyl/N-ethyl adjacent to an activating group) is 2. The number of ether oxygens (including phenoxy) is 2. The molecule has 0 aliphatic carbocycles. The molecule has 0 saturated carbocycles. The SMILES string of the molecule is CC[C@H](C)[C@@H]([C@@H](CC(=O)N1CCC[C@H]1[C@H](OC)[C@@H](C)C(=O)NCCc1ccccc1Cl)OC)N(C)C(=O)C(NC(=O)C(C(C)C)N(C)C)C(C)C. The number of carbonyl (C=O) groups is 4. The molecule has 8 atom stereocenters. The highest BCUT2D eigenvalue weighted by Gasteiger charge is 2.43. The van der Waals surface area contributed by atoms with Gasteiger partial charge < -0.3 is 29.9 Å². The Bertz CT molecular complexity index is 1270. The van der Waals surface area contributed by atoms with Crippen molar-refractivity contribution >= 4 is 35.2 Å². The Morgan fingerprint density at radius 2 is 1.61 bits per heavy atom. The molecule has 0 radical (unpaired) electrons. The van der Waals surface area contributed by atoms with Gasteiger partial charge in [-0.15, -0.1) is 0 Å². The van der Waals surface area contributed by atoms with E-state index in [1.807, 2.05) is 82.8 Å². The van der Waals surface area contributed by atoms with Crippen LogP contribution in [-0.2, 0) is 35.1 Å². The molecule has 12 heteroatoms. The predicted molar refractivity (Wildman–Crippen MR) is 203 cm³/mol. The highest BCUT2D eigenvalue weighted by atomic mass is 35.5. The Hall–Kier alpha value is -2.73. The number of carbonyl (C=O) groups excluding carboxylic acids is 4. The Balaban J connectivity index is 2.21. The number of nitrogens with one attached hydrogen (secondary N) is 2. The first-order valence-corrected chi connectivity index (χ1v) is 19.0. The second-order valence-electron chi connectivity index (χ2n) is 15.1. The van der Waals surface area contributed by atoms with E-state index >= 15 is 0 Å². The minimum Gasteiger partial charge on any atom is -0.379 e. The molecule has 0 bridgehead atoms. The molecule has 1 fully saturated rings. The first-order chi connectivity index (χ1) is 24.0. The summed E-state index contributed by atoms with van der Waals surface area (Å²) in [5.41, 5.74) is 0.965. The fraction of sp³-hybridized carbons (Fsp3) is 0.744. The second-order valence-corrected chi connectivity index (χ2v) is 15.5. The van der Waals surface area contributed by atoms with E-state index < -0.39 is 30.2 Å². The van der Waals surface area contributed by atoms with Gasteiger partial charge in [0.15, 0.2) is 0 Å². The number of hydrogen-bond acceptors (Lipinski definition) is 7. The molecule has 1 heterocycles. The van der Waals surface area contributed by atoms with Crippen molar-refractivity contribution in [2.24, 2.45) is 23.7 Å². The molecule has 2 rings (SSSR count). The first kappa shape index (κ1) is 44.4. The summed E-state index contributed by atoms with van der Waals surface area (Å²) in [6.45, 7) is 14.7. The average Bonchev–Trinajstić information content (AvgIpc) is 3.56. The van der Waals surface area contributed by atoms with Gasteiger partial charge in [0.05, 0.1) is 42.7 Å². The van der Waals surface area contributed by atoms with Gasteiger partial charge in [-0.1, -0.05) is 84.7 Å². The zero-order valence-corrected chi connectivity index (χ0v) is 34.0. The third kappa shape index (κ3) is 11.9. The Morgan fingerprint density at radius 3 is 2.14 bits per heavy atom. The van der Waals surface area contributed by atoms with E-state index in [9.17, 15) is 19.2 Å². The van der Waals surface area contributed by atoms with Crippen LogP contribution in [0, 0.1) is 23.7 Å².